The highest BCUT2D eigenvalue weighted by Gasteiger charge is 2.19. The van der Waals surface area contributed by atoms with Crippen molar-refractivity contribution in [3.63, 3.8) is 0 Å². The SMILES string of the molecule is CC/C=C\C/C=C\C/C=C\C/C=C\CCCCC(=O)OC[C@H](COC(=O)CCCCCCCCCCC/C=C\C/C=C\CCCCC)OC(=O)CCCCCCCCCCCCC/C=C\CCCCCCCC. The van der Waals surface area contributed by atoms with Crippen molar-refractivity contribution in [1.29, 1.82) is 0 Å². The van der Waals surface area contributed by atoms with Crippen molar-refractivity contribution >= 4 is 17.9 Å². The zero-order valence-corrected chi connectivity index (χ0v) is 48.1. The third-order valence-electron chi connectivity index (χ3n) is 13.4. The molecule has 1 atom stereocenters. The molecule has 0 saturated carbocycles. The minimum atomic E-state index is -0.797. The second-order valence-electron chi connectivity index (χ2n) is 20.6. The van der Waals surface area contributed by atoms with Crippen LogP contribution in [0.2, 0.25) is 0 Å². The van der Waals surface area contributed by atoms with Crippen LogP contribution >= 0.6 is 0 Å². The first-order valence-corrected chi connectivity index (χ1v) is 31.1. The van der Waals surface area contributed by atoms with E-state index in [1.807, 2.05) is 0 Å². The predicted molar refractivity (Wildman–Crippen MR) is 316 cm³/mol. The van der Waals surface area contributed by atoms with Crippen LogP contribution in [0.1, 0.15) is 303 Å². The smallest absolute Gasteiger partial charge is 0.306 e. The lowest BCUT2D eigenvalue weighted by molar-refractivity contribution is -0.167. The molecule has 0 N–H and O–H groups in total. The molecule has 0 aromatic carbocycles. The Balaban J connectivity index is 4.40. The zero-order chi connectivity index (χ0) is 52.9. The van der Waals surface area contributed by atoms with Gasteiger partial charge in [-0.15, -0.1) is 0 Å². The molecule has 6 heteroatoms. The molecule has 0 unspecified atom stereocenters. The van der Waals surface area contributed by atoms with Gasteiger partial charge in [0.2, 0.25) is 0 Å². The molecule has 0 radical (unpaired) electrons. The van der Waals surface area contributed by atoms with Gasteiger partial charge in [0.05, 0.1) is 0 Å². The molecule has 0 amide bonds. The maximum atomic E-state index is 12.9. The molecule has 0 aliphatic rings. The van der Waals surface area contributed by atoms with E-state index in [0.29, 0.717) is 19.3 Å². The van der Waals surface area contributed by atoms with Crippen LogP contribution in [-0.4, -0.2) is 37.2 Å². The third-order valence-corrected chi connectivity index (χ3v) is 13.4. The molecule has 6 nitrogen and oxygen atoms in total. The Morgan fingerprint density at radius 1 is 0.288 bits per heavy atom. The van der Waals surface area contributed by atoms with Gasteiger partial charge in [-0.25, -0.2) is 0 Å². The Labute approximate surface area is 452 Å². The fourth-order valence-electron chi connectivity index (χ4n) is 8.69. The molecule has 73 heavy (non-hydrogen) atoms. The molecule has 0 rings (SSSR count). The van der Waals surface area contributed by atoms with Crippen LogP contribution in [0, 0.1) is 0 Å². The van der Waals surface area contributed by atoms with Gasteiger partial charge >= 0.3 is 17.9 Å². The Morgan fingerprint density at radius 2 is 0.534 bits per heavy atom. The first-order chi connectivity index (χ1) is 36.0. The molecule has 0 spiro atoms. The van der Waals surface area contributed by atoms with Crippen molar-refractivity contribution in [1.82, 2.24) is 0 Å². The number of unbranched alkanes of at least 4 members (excludes halogenated alkanes) is 31. The van der Waals surface area contributed by atoms with Gasteiger partial charge in [0.15, 0.2) is 6.10 Å². The summed E-state index contributed by atoms with van der Waals surface area (Å²) in [5, 5.41) is 0. The molecule has 0 aliphatic carbocycles. The predicted octanol–water partition coefficient (Wildman–Crippen LogP) is 21.1. The van der Waals surface area contributed by atoms with Gasteiger partial charge in [0.1, 0.15) is 13.2 Å². The molecule has 420 valence electrons. The van der Waals surface area contributed by atoms with Gasteiger partial charge in [-0.05, 0) is 116 Å². The van der Waals surface area contributed by atoms with E-state index in [9.17, 15) is 14.4 Å². The van der Waals surface area contributed by atoms with Gasteiger partial charge in [-0.2, -0.15) is 0 Å². The summed E-state index contributed by atoms with van der Waals surface area (Å²) in [6, 6.07) is 0. The molecule has 0 aromatic rings. The van der Waals surface area contributed by atoms with Crippen LogP contribution in [-0.2, 0) is 28.6 Å². The lowest BCUT2D eigenvalue weighted by Gasteiger charge is -2.18. The monoisotopic (exact) mass is 1020 g/mol. The largest absolute Gasteiger partial charge is 0.462 e. The molecular formula is C67H116O6. The molecule has 0 bridgehead atoms. The summed E-state index contributed by atoms with van der Waals surface area (Å²) in [6.07, 6.45) is 80.1. The number of hydrogen-bond acceptors (Lipinski definition) is 6. The number of allylic oxidation sites excluding steroid dienone is 14. The summed E-state index contributed by atoms with van der Waals surface area (Å²) in [7, 11) is 0. The van der Waals surface area contributed by atoms with E-state index in [1.165, 1.54) is 173 Å². The Bertz CT molecular complexity index is 1400. The van der Waals surface area contributed by atoms with Gasteiger partial charge in [-0.3, -0.25) is 14.4 Å². The number of ether oxygens (including phenoxy) is 3. The molecule has 0 heterocycles. The quantitative estimate of drug-likeness (QED) is 0.0261. The van der Waals surface area contributed by atoms with Crippen LogP contribution in [0.4, 0.5) is 0 Å². The van der Waals surface area contributed by atoms with Crippen LogP contribution in [0.15, 0.2) is 85.1 Å². The van der Waals surface area contributed by atoms with Crippen molar-refractivity contribution in [3.05, 3.63) is 85.1 Å². The van der Waals surface area contributed by atoms with Crippen LogP contribution in [0.25, 0.3) is 0 Å². The summed E-state index contributed by atoms with van der Waals surface area (Å²) >= 11 is 0. The number of hydrogen-bond donors (Lipinski definition) is 0. The van der Waals surface area contributed by atoms with E-state index >= 15 is 0 Å². The second-order valence-corrected chi connectivity index (χ2v) is 20.6. The summed E-state index contributed by atoms with van der Waals surface area (Å²) in [5.41, 5.74) is 0. The molecular weight excluding hydrogens is 901 g/mol. The van der Waals surface area contributed by atoms with Gasteiger partial charge < -0.3 is 14.2 Å². The Kier molecular flexibility index (Phi) is 58.3. The third kappa shape index (κ3) is 59.3. The molecule has 0 aromatic heterocycles. The summed E-state index contributed by atoms with van der Waals surface area (Å²) < 4.78 is 16.9. The van der Waals surface area contributed by atoms with Gasteiger partial charge in [0, 0.05) is 19.3 Å². The van der Waals surface area contributed by atoms with Crippen molar-refractivity contribution in [2.24, 2.45) is 0 Å². The lowest BCUT2D eigenvalue weighted by Crippen LogP contribution is -2.30. The number of esters is 3. The fraction of sp³-hybridized carbons (Fsp3) is 0.746. The maximum absolute atomic E-state index is 12.9. The van der Waals surface area contributed by atoms with Crippen molar-refractivity contribution in [3.8, 4) is 0 Å². The minimum absolute atomic E-state index is 0.0913. The van der Waals surface area contributed by atoms with Gasteiger partial charge in [0.25, 0.3) is 0 Å². The van der Waals surface area contributed by atoms with E-state index in [4.69, 9.17) is 14.2 Å². The standard InChI is InChI=1S/C67H116O6/c1-4-7-10-13-16-19-22-25-28-30-32-33-35-37-40-43-46-49-52-55-58-61-67(70)73-64(62-71-65(68)59-56-53-50-47-44-41-38-27-24-21-18-15-12-9-6-3)63-72-66(69)60-57-54-51-48-45-42-39-36-34-31-29-26-23-20-17-14-11-8-5-2/h9,12,17-18,20-21,25-29,38,44,47,64H,4-8,10-11,13-16,19,22-24,30-37,39-43,45-46,48-63H2,1-3H3/b12-9-,20-17-,21-18-,28-25-,29-26-,38-27-,47-44-/t64-/m1/s1. The highest BCUT2D eigenvalue weighted by atomic mass is 16.6. The molecule has 0 saturated heterocycles. The number of rotatable bonds is 56. The normalized spacial score (nSPS) is 12.6. The van der Waals surface area contributed by atoms with Crippen molar-refractivity contribution < 1.29 is 28.6 Å². The molecule has 0 fully saturated rings. The van der Waals surface area contributed by atoms with E-state index in [2.05, 4.69) is 106 Å². The highest BCUT2D eigenvalue weighted by Crippen LogP contribution is 2.16. The van der Waals surface area contributed by atoms with Crippen molar-refractivity contribution in [2.45, 2.75) is 309 Å². The summed E-state index contributed by atoms with van der Waals surface area (Å²) in [4.78, 5) is 38.3. The van der Waals surface area contributed by atoms with Gasteiger partial charge in [-0.1, -0.05) is 254 Å². The maximum Gasteiger partial charge on any atom is 0.306 e. The van der Waals surface area contributed by atoms with E-state index in [1.54, 1.807) is 0 Å². The average molecular weight is 1020 g/mol. The van der Waals surface area contributed by atoms with E-state index < -0.39 is 6.10 Å². The number of carbonyl (C=O) groups excluding carboxylic acids is 3. The molecule has 0 aliphatic heterocycles. The van der Waals surface area contributed by atoms with Crippen LogP contribution < -0.4 is 0 Å². The second kappa shape index (κ2) is 61.1. The first kappa shape index (κ1) is 69.6. The zero-order valence-electron chi connectivity index (χ0n) is 48.1. The van der Waals surface area contributed by atoms with E-state index in [-0.39, 0.29) is 31.1 Å². The minimum Gasteiger partial charge on any atom is -0.462 e. The number of carbonyl (C=O) groups is 3. The lowest BCUT2D eigenvalue weighted by atomic mass is 10.0. The average Bonchev–Trinajstić information content (AvgIpc) is 3.39. The fourth-order valence-corrected chi connectivity index (χ4v) is 8.69. The first-order valence-electron chi connectivity index (χ1n) is 31.1. The van der Waals surface area contributed by atoms with E-state index in [0.717, 1.165) is 89.9 Å². The van der Waals surface area contributed by atoms with Crippen molar-refractivity contribution in [2.75, 3.05) is 13.2 Å². The topological polar surface area (TPSA) is 78.9 Å². The Morgan fingerprint density at radius 3 is 0.904 bits per heavy atom. The highest BCUT2D eigenvalue weighted by molar-refractivity contribution is 5.71. The Hall–Kier alpha value is -3.41. The van der Waals surface area contributed by atoms with Crippen LogP contribution in [0.3, 0.4) is 0 Å². The van der Waals surface area contributed by atoms with Crippen LogP contribution in [0.5, 0.6) is 0 Å². The summed E-state index contributed by atoms with van der Waals surface area (Å²) in [6.45, 7) is 6.49. The summed E-state index contributed by atoms with van der Waals surface area (Å²) in [5.74, 6) is -0.929.